The Morgan fingerprint density at radius 3 is 2.79 bits per heavy atom. The van der Waals surface area contributed by atoms with Crippen LogP contribution in [0, 0.1) is 5.92 Å². The minimum absolute atomic E-state index is 0.167. The number of hydrogen-bond acceptors (Lipinski definition) is 4. The summed E-state index contributed by atoms with van der Waals surface area (Å²) in [5.74, 6) is 0.563. The summed E-state index contributed by atoms with van der Waals surface area (Å²) in [5.41, 5.74) is 0.597. The number of nitrogens with one attached hydrogen (secondary N) is 1. The van der Waals surface area contributed by atoms with Crippen LogP contribution < -0.4 is 10.5 Å². The quantitative estimate of drug-likeness (QED) is 0.848. The number of likely N-dealkylation sites (tertiary alicyclic amines) is 1. The molecule has 19 heavy (non-hydrogen) atoms. The van der Waals surface area contributed by atoms with Crippen molar-refractivity contribution in [2.24, 2.45) is 11.1 Å². The van der Waals surface area contributed by atoms with Crippen LogP contribution >= 0.6 is 0 Å². The van der Waals surface area contributed by atoms with Gasteiger partial charge in [-0.25, -0.2) is 13.6 Å². The molecule has 0 spiro atoms. The second kappa shape index (κ2) is 5.90. The second-order valence-corrected chi connectivity index (χ2v) is 6.50. The summed E-state index contributed by atoms with van der Waals surface area (Å²) in [6, 6.07) is 6.78. The van der Waals surface area contributed by atoms with E-state index < -0.39 is 10.0 Å². The Bertz CT molecular complexity index is 530. The van der Waals surface area contributed by atoms with Gasteiger partial charge in [0.2, 0.25) is 10.0 Å². The summed E-state index contributed by atoms with van der Waals surface area (Å²) in [4.78, 5) is 2.57. The Labute approximate surface area is 114 Å². The Morgan fingerprint density at radius 2 is 2.16 bits per heavy atom. The van der Waals surface area contributed by atoms with E-state index in [-0.39, 0.29) is 4.90 Å². The van der Waals surface area contributed by atoms with E-state index >= 15 is 0 Å². The van der Waals surface area contributed by atoms with Gasteiger partial charge in [0.05, 0.1) is 5.69 Å². The maximum absolute atomic E-state index is 11.5. The summed E-state index contributed by atoms with van der Waals surface area (Å²) in [6.07, 6.45) is 1.15. The zero-order valence-corrected chi connectivity index (χ0v) is 12.0. The van der Waals surface area contributed by atoms with E-state index in [9.17, 15) is 8.42 Å². The molecule has 0 radical (unpaired) electrons. The van der Waals surface area contributed by atoms with Gasteiger partial charge in [-0.3, -0.25) is 0 Å². The number of anilines is 1. The molecule has 0 bridgehead atoms. The topological polar surface area (TPSA) is 75.4 Å². The number of nitrogens with zero attached hydrogens (tertiary/aromatic N) is 1. The predicted molar refractivity (Wildman–Crippen MR) is 76.5 cm³/mol. The van der Waals surface area contributed by atoms with Crippen molar-refractivity contribution in [3.8, 4) is 0 Å². The molecule has 3 N–H and O–H groups in total. The van der Waals surface area contributed by atoms with Gasteiger partial charge in [-0.05, 0) is 37.6 Å². The fraction of sp³-hybridized carbons (Fsp3) is 0.538. The summed E-state index contributed by atoms with van der Waals surface area (Å²) in [7, 11) is -3.67. The summed E-state index contributed by atoms with van der Waals surface area (Å²) < 4.78 is 23.0. The molecular weight excluding hydrogens is 262 g/mol. The van der Waals surface area contributed by atoms with Gasteiger partial charge in [0.1, 0.15) is 4.90 Å². The van der Waals surface area contributed by atoms with E-state index in [1.165, 1.54) is 6.07 Å². The first-order chi connectivity index (χ1) is 9.00. The monoisotopic (exact) mass is 283 g/mol. The van der Waals surface area contributed by atoms with Gasteiger partial charge in [-0.1, -0.05) is 19.1 Å². The van der Waals surface area contributed by atoms with Crippen molar-refractivity contribution in [3.05, 3.63) is 24.3 Å². The highest BCUT2D eigenvalue weighted by molar-refractivity contribution is 7.89. The minimum atomic E-state index is -3.67. The molecule has 1 heterocycles. The van der Waals surface area contributed by atoms with Gasteiger partial charge in [0, 0.05) is 13.1 Å². The molecule has 5 nitrogen and oxygen atoms in total. The van der Waals surface area contributed by atoms with Crippen LogP contribution in [0.1, 0.15) is 13.3 Å². The molecule has 0 amide bonds. The molecule has 1 aliphatic heterocycles. The van der Waals surface area contributed by atoms with E-state index in [1.54, 1.807) is 12.1 Å². The Morgan fingerprint density at radius 1 is 1.42 bits per heavy atom. The molecule has 1 saturated heterocycles. The van der Waals surface area contributed by atoms with E-state index in [0.29, 0.717) is 11.6 Å². The third-order valence-electron chi connectivity index (χ3n) is 3.59. The minimum Gasteiger partial charge on any atom is -0.384 e. The molecule has 1 aromatic carbocycles. The molecule has 6 heteroatoms. The summed E-state index contributed by atoms with van der Waals surface area (Å²) in [5, 5.41) is 8.43. The molecular formula is C13H21N3O2S. The van der Waals surface area contributed by atoms with Gasteiger partial charge in [-0.15, -0.1) is 0 Å². The number of primary sulfonamides is 1. The second-order valence-electron chi connectivity index (χ2n) is 4.97. The molecule has 1 atom stereocenters. The lowest BCUT2D eigenvalue weighted by atomic mass is 10.1. The normalized spacial score (nSPS) is 20.6. The van der Waals surface area contributed by atoms with Crippen LogP contribution in [0.5, 0.6) is 0 Å². The molecule has 0 aromatic heterocycles. The highest BCUT2D eigenvalue weighted by Crippen LogP contribution is 2.21. The standard InChI is InChI=1S/C13H21N3O2S/c1-2-16-8-7-11(10-16)9-15-12-5-3-4-6-13(12)19(14,17)18/h3-6,11,15H,2,7-10H2,1H3,(H2,14,17,18)/t11-/m1/s1. The highest BCUT2D eigenvalue weighted by Gasteiger charge is 2.21. The molecule has 0 saturated carbocycles. The Balaban J connectivity index is 2.01. The van der Waals surface area contributed by atoms with Gasteiger partial charge in [-0.2, -0.15) is 0 Å². The smallest absolute Gasteiger partial charge is 0.240 e. The maximum atomic E-state index is 11.5. The van der Waals surface area contributed by atoms with Crippen LogP contribution in [0.3, 0.4) is 0 Å². The average Bonchev–Trinajstić information content (AvgIpc) is 2.83. The zero-order chi connectivity index (χ0) is 13.9. The summed E-state index contributed by atoms with van der Waals surface area (Å²) >= 11 is 0. The third-order valence-corrected chi connectivity index (χ3v) is 4.56. The first-order valence-electron chi connectivity index (χ1n) is 6.58. The third kappa shape index (κ3) is 3.68. The SMILES string of the molecule is CCN1CC[C@H](CNc2ccccc2S(N)(=O)=O)C1. The Kier molecular flexibility index (Phi) is 4.44. The Hall–Kier alpha value is -1.11. The molecule has 1 fully saturated rings. The van der Waals surface area contributed by atoms with E-state index in [2.05, 4.69) is 17.1 Å². The summed E-state index contributed by atoms with van der Waals surface area (Å²) in [6.45, 7) is 6.21. The number of nitrogens with two attached hydrogens (primary N) is 1. The highest BCUT2D eigenvalue weighted by atomic mass is 32.2. The first-order valence-corrected chi connectivity index (χ1v) is 8.13. The van der Waals surface area contributed by atoms with Crippen LogP contribution in [0.15, 0.2) is 29.2 Å². The fourth-order valence-electron chi connectivity index (χ4n) is 2.48. The molecule has 2 rings (SSSR count). The zero-order valence-electron chi connectivity index (χ0n) is 11.2. The van der Waals surface area contributed by atoms with Crippen molar-refractivity contribution in [2.75, 3.05) is 31.5 Å². The van der Waals surface area contributed by atoms with Crippen molar-refractivity contribution in [3.63, 3.8) is 0 Å². The van der Waals surface area contributed by atoms with Crippen molar-refractivity contribution in [1.29, 1.82) is 0 Å². The van der Waals surface area contributed by atoms with E-state index in [4.69, 9.17) is 5.14 Å². The van der Waals surface area contributed by atoms with Gasteiger partial charge >= 0.3 is 0 Å². The van der Waals surface area contributed by atoms with Gasteiger partial charge < -0.3 is 10.2 Å². The molecule has 106 valence electrons. The molecule has 1 aliphatic rings. The number of hydrogen-bond donors (Lipinski definition) is 2. The molecule has 0 aliphatic carbocycles. The van der Waals surface area contributed by atoms with Crippen molar-refractivity contribution in [2.45, 2.75) is 18.2 Å². The van der Waals surface area contributed by atoms with Crippen LogP contribution in [0.2, 0.25) is 0 Å². The van der Waals surface area contributed by atoms with E-state index in [1.807, 2.05) is 6.07 Å². The van der Waals surface area contributed by atoms with Crippen molar-refractivity contribution < 1.29 is 8.42 Å². The van der Waals surface area contributed by atoms with Gasteiger partial charge in [0.15, 0.2) is 0 Å². The predicted octanol–water partition coefficient (Wildman–Crippen LogP) is 1.09. The number of rotatable bonds is 5. The lowest BCUT2D eigenvalue weighted by molar-refractivity contribution is 0.345. The molecule has 1 aromatic rings. The van der Waals surface area contributed by atoms with Crippen LogP contribution in [0.4, 0.5) is 5.69 Å². The number of sulfonamides is 1. The van der Waals surface area contributed by atoms with Crippen LogP contribution in [-0.4, -0.2) is 39.5 Å². The van der Waals surface area contributed by atoms with Gasteiger partial charge in [0.25, 0.3) is 0 Å². The lowest BCUT2D eigenvalue weighted by Crippen LogP contribution is -2.23. The first kappa shape index (κ1) is 14.3. The maximum Gasteiger partial charge on any atom is 0.240 e. The average molecular weight is 283 g/mol. The van der Waals surface area contributed by atoms with Crippen molar-refractivity contribution >= 4 is 15.7 Å². The van der Waals surface area contributed by atoms with Crippen molar-refractivity contribution in [1.82, 2.24) is 4.90 Å². The van der Waals surface area contributed by atoms with Crippen LogP contribution in [0.25, 0.3) is 0 Å². The van der Waals surface area contributed by atoms with E-state index in [0.717, 1.165) is 32.6 Å². The number of para-hydroxylation sites is 1. The lowest BCUT2D eigenvalue weighted by Gasteiger charge is -2.15. The molecule has 0 unspecified atom stereocenters. The fourth-order valence-corrected chi connectivity index (χ4v) is 3.20. The largest absolute Gasteiger partial charge is 0.384 e. The number of benzene rings is 1. The van der Waals surface area contributed by atoms with Crippen LogP contribution in [-0.2, 0) is 10.0 Å².